The predicted octanol–water partition coefficient (Wildman–Crippen LogP) is 1.97. The number of hydrogen-bond acceptors (Lipinski definition) is 4. The molecule has 1 aliphatic heterocycles. The summed E-state index contributed by atoms with van der Waals surface area (Å²) < 4.78 is 11.0. The molecule has 1 N–H and O–H groups in total. The maximum atomic E-state index is 5.90. The molecule has 1 fully saturated rings. The van der Waals surface area contributed by atoms with Gasteiger partial charge in [0.25, 0.3) is 0 Å². The van der Waals surface area contributed by atoms with Crippen molar-refractivity contribution in [3.8, 4) is 5.88 Å². The standard InChI is InChI=1S/C14H22N2O2/c1-9(2)15-6-13-10(3)5-11(4)16-14(13)18-12-7-17-8-12/h5,9,12,15H,6-8H2,1-4H3. The van der Waals surface area contributed by atoms with Crippen LogP contribution in [0.5, 0.6) is 5.88 Å². The highest BCUT2D eigenvalue weighted by Crippen LogP contribution is 2.23. The van der Waals surface area contributed by atoms with E-state index in [1.54, 1.807) is 0 Å². The van der Waals surface area contributed by atoms with Crippen LogP contribution in [0, 0.1) is 13.8 Å². The number of nitrogens with one attached hydrogen (secondary N) is 1. The number of nitrogens with zero attached hydrogens (tertiary/aromatic N) is 1. The number of aryl methyl sites for hydroxylation is 2. The third-order valence-corrected chi connectivity index (χ3v) is 3.01. The number of rotatable bonds is 5. The lowest BCUT2D eigenvalue weighted by Gasteiger charge is -2.27. The van der Waals surface area contributed by atoms with Gasteiger partial charge in [0.05, 0.1) is 13.2 Å². The number of ether oxygens (including phenoxy) is 2. The maximum absolute atomic E-state index is 5.90. The molecule has 0 amide bonds. The lowest BCUT2D eigenvalue weighted by molar-refractivity contribution is -0.0817. The first kappa shape index (κ1) is 13.3. The quantitative estimate of drug-likeness (QED) is 0.867. The average Bonchev–Trinajstić information content (AvgIpc) is 2.21. The van der Waals surface area contributed by atoms with E-state index < -0.39 is 0 Å². The van der Waals surface area contributed by atoms with E-state index in [1.165, 1.54) is 5.56 Å². The second kappa shape index (κ2) is 5.67. The Morgan fingerprint density at radius 3 is 2.72 bits per heavy atom. The molecule has 1 aliphatic rings. The van der Waals surface area contributed by atoms with Crippen molar-refractivity contribution in [1.82, 2.24) is 10.3 Å². The van der Waals surface area contributed by atoms with Gasteiger partial charge >= 0.3 is 0 Å². The van der Waals surface area contributed by atoms with Crippen molar-refractivity contribution in [2.45, 2.75) is 46.4 Å². The summed E-state index contributed by atoms with van der Waals surface area (Å²) in [6.45, 7) is 10.5. The van der Waals surface area contributed by atoms with E-state index in [4.69, 9.17) is 9.47 Å². The number of hydrogen-bond donors (Lipinski definition) is 1. The van der Waals surface area contributed by atoms with Crippen LogP contribution in [0.4, 0.5) is 0 Å². The molecule has 0 radical (unpaired) electrons. The van der Waals surface area contributed by atoms with Crippen LogP contribution in [0.2, 0.25) is 0 Å². The molecular weight excluding hydrogens is 228 g/mol. The number of pyridine rings is 1. The van der Waals surface area contributed by atoms with E-state index in [0.717, 1.165) is 23.7 Å². The van der Waals surface area contributed by atoms with Crippen LogP contribution in [0.25, 0.3) is 0 Å². The van der Waals surface area contributed by atoms with Crippen molar-refractivity contribution < 1.29 is 9.47 Å². The normalized spacial score (nSPS) is 15.8. The topological polar surface area (TPSA) is 43.4 Å². The minimum Gasteiger partial charge on any atom is -0.469 e. The fraction of sp³-hybridized carbons (Fsp3) is 0.643. The summed E-state index contributed by atoms with van der Waals surface area (Å²) in [5, 5.41) is 3.42. The first-order valence-corrected chi connectivity index (χ1v) is 6.51. The first-order valence-electron chi connectivity index (χ1n) is 6.51. The Balaban J connectivity index is 2.17. The van der Waals surface area contributed by atoms with E-state index in [2.05, 4.69) is 37.1 Å². The fourth-order valence-electron chi connectivity index (χ4n) is 1.89. The molecule has 2 rings (SSSR count). The monoisotopic (exact) mass is 250 g/mol. The average molecular weight is 250 g/mol. The largest absolute Gasteiger partial charge is 0.469 e. The van der Waals surface area contributed by atoms with Gasteiger partial charge < -0.3 is 14.8 Å². The minimum atomic E-state index is 0.163. The van der Waals surface area contributed by atoms with Gasteiger partial charge in [-0.3, -0.25) is 0 Å². The van der Waals surface area contributed by atoms with Crippen LogP contribution >= 0.6 is 0 Å². The van der Waals surface area contributed by atoms with Crippen molar-refractivity contribution in [2.75, 3.05) is 13.2 Å². The zero-order chi connectivity index (χ0) is 13.1. The van der Waals surface area contributed by atoms with Crippen molar-refractivity contribution >= 4 is 0 Å². The minimum absolute atomic E-state index is 0.163. The summed E-state index contributed by atoms with van der Waals surface area (Å²) in [6, 6.07) is 2.55. The molecule has 0 aromatic carbocycles. The van der Waals surface area contributed by atoms with Crippen LogP contribution in [-0.4, -0.2) is 30.3 Å². The molecule has 0 spiro atoms. The fourth-order valence-corrected chi connectivity index (χ4v) is 1.89. The van der Waals surface area contributed by atoms with Crippen molar-refractivity contribution in [2.24, 2.45) is 0 Å². The van der Waals surface area contributed by atoms with E-state index in [-0.39, 0.29) is 6.10 Å². The summed E-state index contributed by atoms with van der Waals surface area (Å²) in [5.41, 5.74) is 3.38. The molecule has 4 heteroatoms. The summed E-state index contributed by atoms with van der Waals surface area (Å²) in [6.07, 6.45) is 0.163. The van der Waals surface area contributed by atoms with E-state index in [9.17, 15) is 0 Å². The van der Waals surface area contributed by atoms with Gasteiger partial charge in [-0.25, -0.2) is 4.98 Å². The lowest BCUT2D eigenvalue weighted by atomic mass is 10.1. The number of aromatic nitrogens is 1. The van der Waals surface area contributed by atoms with E-state index >= 15 is 0 Å². The second-order valence-corrected chi connectivity index (χ2v) is 5.18. The van der Waals surface area contributed by atoms with Gasteiger partial charge in [0.2, 0.25) is 5.88 Å². The van der Waals surface area contributed by atoms with Crippen LogP contribution in [0.3, 0.4) is 0 Å². The third-order valence-electron chi connectivity index (χ3n) is 3.01. The second-order valence-electron chi connectivity index (χ2n) is 5.18. The highest BCUT2D eigenvalue weighted by atomic mass is 16.6. The molecule has 1 aromatic rings. The lowest BCUT2D eigenvalue weighted by Crippen LogP contribution is -2.39. The molecule has 1 saturated heterocycles. The molecule has 0 aliphatic carbocycles. The summed E-state index contributed by atoms with van der Waals surface area (Å²) in [5.74, 6) is 0.758. The molecule has 0 saturated carbocycles. The molecule has 0 unspecified atom stereocenters. The van der Waals surface area contributed by atoms with Crippen LogP contribution in [0.15, 0.2) is 6.07 Å². The highest BCUT2D eigenvalue weighted by Gasteiger charge is 2.22. The Morgan fingerprint density at radius 1 is 1.44 bits per heavy atom. The van der Waals surface area contributed by atoms with Gasteiger partial charge in [0, 0.05) is 23.8 Å². The van der Waals surface area contributed by atoms with Gasteiger partial charge in [-0.05, 0) is 25.5 Å². The van der Waals surface area contributed by atoms with Crippen LogP contribution in [0.1, 0.15) is 30.7 Å². The van der Waals surface area contributed by atoms with Crippen molar-refractivity contribution in [1.29, 1.82) is 0 Å². The van der Waals surface area contributed by atoms with E-state index in [0.29, 0.717) is 19.3 Å². The summed E-state index contributed by atoms with van der Waals surface area (Å²) >= 11 is 0. The molecule has 100 valence electrons. The van der Waals surface area contributed by atoms with Gasteiger partial charge in [0.1, 0.15) is 6.10 Å². The summed E-state index contributed by atoms with van der Waals surface area (Å²) in [7, 11) is 0. The Morgan fingerprint density at radius 2 is 2.17 bits per heavy atom. The van der Waals surface area contributed by atoms with Crippen molar-refractivity contribution in [3.63, 3.8) is 0 Å². The molecular formula is C14H22N2O2. The Kier molecular flexibility index (Phi) is 4.19. The molecule has 1 aromatic heterocycles. The van der Waals surface area contributed by atoms with Crippen molar-refractivity contribution in [3.05, 3.63) is 22.9 Å². The molecule has 2 heterocycles. The Bertz CT molecular complexity index is 415. The van der Waals surface area contributed by atoms with Crippen LogP contribution in [-0.2, 0) is 11.3 Å². The van der Waals surface area contributed by atoms with E-state index in [1.807, 2.05) is 6.92 Å². The third kappa shape index (κ3) is 3.21. The SMILES string of the molecule is Cc1cc(C)c(CNC(C)C)c(OC2COC2)n1. The van der Waals surface area contributed by atoms with Gasteiger partial charge in [-0.2, -0.15) is 0 Å². The molecule has 0 bridgehead atoms. The Labute approximate surface area is 109 Å². The first-order chi connectivity index (χ1) is 8.56. The van der Waals surface area contributed by atoms with Gasteiger partial charge in [0.15, 0.2) is 0 Å². The Hall–Kier alpha value is -1.13. The predicted molar refractivity (Wildman–Crippen MR) is 70.9 cm³/mol. The van der Waals surface area contributed by atoms with Gasteiger partial charge in [-0.15, -0.1) is 0 Å². The smallest absolute Gasteiger partial charge is 0.218 e. The molecule has 4 nitrogen and oxygen atoms in total. The molecule has 0 atom stereocenters. The zero-order valence-corrected chi connectivity index (χ0v) is 11.6. The zero-order valence-electron chi connectivity index (χ0n) is 11.6. The summed E-state index contributed by atoms with van der Waals surface area (Å²) in [4.78, 5) is 4.52. The van der Waals surface area contributed by atoms with Crippen LogP contribution < -0.4 is 10.1 Å². The highest BCUT2D eigenvalue weighted by molar-refractivity contribution is 5.36. The van der Waals surface area contributed by atoms with Gasteiger partial charge in [-0.1, -0.05) is 13.8 Å². The maximum Gasteiger partial charge on any atom is 0.218 e. The molecule has 18 heavy (non-hydrogen) atoms.